The zero-order valence-corrected chi connectivity index (χ0v) is 8.62. The van der Waals surface area contributed by atoms with Crippen molar-refractivity contribution in [3.63, 3.8) is 0 Å². The highest BCUT2D eigenvalue weighted by Gasteiger charge is 2.06. The van der Waals surface area contributed by atoms with Crippen LogP contribution in [0, 0.1) is 16.7 Å². The van der Waals surface area contributed by atoms with E-state index < -0.39 is 0 Å². The first-order valence-corrected chi connectivity index (χ1v) is 4.47. The third-order valence-electron chi connectivity index (χ3n) is 1.57. The molecule has 0 aromatic heterocycles. The van der Waals surface area contributed by atoms with E-state index in [9.17, 15) is 0 Å². The molecule has 0 unspecified atom stereocenters. The van der Waals surface area contributed by atoms with Crippen LogP contribution in [0.3, 0.4) is 0 Å². The minimum Gasteiger partial charge on any atom is -0.258 e. The summed E-state index contributed by atoms with van der Waals surface area (Å²) >= 11 is 10.7. The summed E-state index contributed by atoms with van der Waals surface area (Å²) in [6, 6.07) is 8.59. The predicted molar refractivity (Wildman–Crippen MR) is 60.0 cm³/mol. The van der Waals surface area contributed by atoms with Crippen LogP contribution >= 0.6 is 23.8 Å². The van der Waals surface area contributed by atoms with Crippen LogP contribution in [0.2, 0.25) is 5.02 Å². The van der Waals surface area contributed by atoms with E-state index >= 15 is 0 Å². The van der Waals surface area contributed by atoms with Gasteiger partial charge in [-0.1, -0.05) is 36.0 Å². The molecular weight excluding hydrogens is 216 g/mol. The second-order valence-corrected chi connectivity index (χ2v) is 3.29. The summed E-state index contributed by atoms with van der Waals surface area (Å²) in [7, 11) is 0. The van der Waals surface area contributed by atoms with E-state index in [-0.39, 0.29) is 5.57 Å². The molecule has 68 valence electrons. The first-order valence-electron chi connectivity index (χ1n) is 3.69. The molecule has 0 amide bonds. The van der Waals surface area contributed by atoms with Gasteiger partial charge in [-0.3, -0.25) is 5.41 Å². The second kappa shape index (κ2) is 4.69. The van der Waals surface area contributed by atoms with Gasteiger partial charge in [-0.05, 0) is 23.6 Å². The van der Waals surface area contributed by atoms with Gasteiger partial charge in [0.05, 0.1) is 4.86 Å². The summed E-state index contributed by atoms with van der Waals surface area (Å²) in [5, 5.41) is 16.1. The van der Waals surface area contributed by atoms with Gasteiger partial charge in [-0.25, -0.2) is 0 Å². The number of thiocarbonyl (C=S) groups is 1. The van der Waals surface area contributed by atoms with Crippen LogP contribution in [0.25, 0.3) is 0 Å². The summed E-state index contributed by atoms with van der Waals surface area (Å²) in [5.41, 5.74) is 0.753. The summed E-state index contributed by atoms with van der Waals surface area (Å²) in [4.78, 5) is 0.319. The highest BCUT2D eigenvalue weighted by atomic mass is 35.5. The van der Waals surface area contributed by atoms with E-state index in [1.165, 1.54) is 0 Å². The van der Waals surface area contributed by atoms with Crippen LogP contribution in [0.5, 0.6) is 0 Å². The Morgan fingerprint density at radius 2 is 1.93 bits per heavy atom. The minimum absolute atomic E-state index is 0.0577. The fourth-order valence-electron chi connectivity index (χ4n) is 0.881. The number of nitrogens with one attached hydrogen (secondary N) is 1. The molecule has 1 rings (SSSR count). The number of nitriles is 1. The standard InChI is InChI=1S/C10H5ClN2S/c11-9-3-1-7(2-4-9)10(14)8(5-12)6-13/h1-4,12H. The number of hydrogen-bond donors (Lipinski definition) is 1. The van der Waals surface area contributed by atoms with Crippen molar-refractivity contribution in [2.24, 2.45) is 0 Å². The molecule has 0 saturated carbocycles. The Morgan fingerprint density at radius 3 is 2.36 bits per heavy atom. The van der Waals surface area contributed by atoms with Crippen molar-refractivity contribution in [2.45, 2.75) is 0 Å². The molecule has 2 nitrogen and oxygen atoms in total. The van der Waals surface area contributed by atoms with E-state index in [4.69, 9.17) is 34.5 Å². The molecule has 14 heavy (non-hydrogen) atoms. The van der Waals surface area contributed by atoms with Gasteiger partial charge in [-0.15, -0.1) is 0 Å². The molecule has 0 heterocycles. The lowest BCUT2D eigenvalue weighted by molar-refractivity contribution is 1.51. The van der Waals surface area contributed by atoms with Crippen molar-refractivity contribution >= 4 is 34.6 Å². The van der Waals surface area contributed by atoms with E-state index in [0.717, 1.165) is 0 Å². The second-order valence-electron chi connectivity index (χ2n) is 2.45. The number of nitrogens with zero attached hydrogens (tertiary/aromatic N) is 1. The van der Waals surface area contributed by atoms with Crippen LogP contribution in [0.1, 0.15) is 5.56 Å². The molecule has 0 spiro atoms. The molecule has 0 aliphatic carbocycles. The quantitative estimate of drug-likeness (QED) is 0.274. The zero-order chi connectivity index (χ0) is 10.6. The lowest BCUT2D eigenvalue weighted by Gasteiger charge is -1.99. The van der Waals surface area contributed by atoms with Gasteiger partial charge in [0.25, 0.3) is 0 Å². The average Bonchev–Trinajstić information content (AvgIpc) is 2.20. The molecule has 1 aromatic rings. The van der Waals surface area contributed by atoms with E-state index in [0.29, 0.717) is 15.5 Å². The van der Waals surface area contributed by atoms with Crippen molar-refractivity contribution in [2.75, 3.05) is 0 Å². The van der Waals surface area contributed by atoms with Gasteiger partial charge >= 0.3 is 0 Å². The van der Waals surface area contributed by atoms with Crippen LogP contribution < -0.4 is 0 Å². The topological polar surface area (TPSA) is 47.6 Å². The Morgan fingerprint density at radius 1 is 1.36 bits per heavy atom. The van der Waals surface area contributed by atoms with Gasteiger partial charge < -0.3 is 0 Å². The molecule has 0 saturated heterocycles. The van der Waals surface area contributed by atoms with E-state index in [1.54, 1.807) is 24.3 Å². The third kappa shape index (κ3) is 2.27. The van der Waals surface area contributed by atoms with Gasteiger partial charge in [0.15, 0.2) is 0 Å². The van der Waals surface area contributed by atoms with Crippen molar-refractivity contribution in [3.8, 4) is 6.07 Å². The Bertz CT molecular complexity index is 450. The summed E-state index contributed by atoms with van der Waals surface area (Å²) in [6.45, 7) is 0. The Hall–Kier alpha value is -1.46. The molecule has 1 N–H and O–H groups in total. The molecule has 1 aromatic carbocycles. The molecule has 0 bridgehead atoms. The molecule has 0 radical (unpaired) electrons. The van der Waals surface area contributed by atoms with Crippen LogP contribution in [-0.4, -0.2) is 10.7 Å². The Kier molecular flexibility index (Phi) is 3.55. The molecule has 0 atom stereocenters. The number of benzene rings is 1. The fourth-order valence-corrected chi connectivity index (χ4v) is 1.24. The van der Waals surface area contributed by atoms with Crippen LogP contribution in [0.4, 0.5) is 0 Å². The van der Waals surface area contributed by atoms with Gasteiger partial charge in [0, 0.05) is 5.02 Å². The number of allylic oxidation sites excluding steroid dienone is 1. The smallest absolute Gasteiger partial charge is 0.131 e. The van der Waals surface area contributed by atoms with Crippen molar-refractivity contribution in [3.05, 3.63) is 40.4 Å². The highest BCUT2D eigenvalue weighted by Crippen LogP contribution is 2.12. The van der Waals surface area contributed by atoms with Crippen molar-refractivity contribution in [1.82, 2.24) is 0 Å². The fraction of sp³-hybridized carbons (Fsp3) is 0. The zero-order valence-electron chi connectivity index (χ0n) is 7.04. The minimum atomic E-state index is 0.0577. The number of hydrogen-bond acceptors (Lipinski definition) is 3. The van der Waals surface area contributed by atoms with E-state index in [2.05, 4.69) is 0 Å². The molecule has 4 heteroatoms. The number of halogens is 1. The lowest BCUT2D eigenvalue weighted by atomic mass is 10.1. The SMILES string of the molecule is N#CC(=C=N)C(=S)c1ccc(Cl)cc1. The number of rotatable bonds is 2. The highest BCUT2D eigenvalue weighted by molar-refractivity contribution is 7.81. The first-order chi connectivity index (χ1) is 6.69. The molecule has 0 aliphatic heterocycles. The molecular formula is C10H5ClN2S. The molecule has 0 fully saturated rings. The third-order valence-corrected chi connectivity index (χ3v) is 2.26. The maximum absolute atomic E-state index is 8.63. The summed E-state index contributed by atoms with van der Waals surface area (Å²) < 4.78 is 0. The predicted octanol–water partition coefficient (Wildman–Crippen LogP) is 2.76. The van der Waals surface area contributed by atoms with Crippen LogP contribution in [-0.2, 0) is 0 Å². The Labute approximate surface area is 91.9 Å². The van der Waals surface area contributed by atoms with E-state index in [1.807, 2.05) is 11.9 Å². The van der Waals surface area contributed by atoms with Crippen molar-refractivity contribution < 1.29 is 0 Å². The monoisotopic (exact) mass is 220 g/mol. The Balaban J connectivity index is 3.09. The molecule has 0 aliphatic rings. The van der Waals surface area contributed by atoms with Gasteiger partial charge in [-0.2, -0.15) is 5.26 Å². The normalized spacial score (nSPS) is 8.57. The summed E-state index contributed by atoms with van der Waals surface area (Å²) in [5.74, 6) is 2.00. The summed E-state index contributed by atoms with van der Waals surface area (Å²) in [6.07, 6.45) is 0. The van der Waals surface area contributed by atoms with Crippen LogP contribution in [0.15, 0.2) is 29.8 Å². The van der Waals surface area contributed by atoms with Crippen molar-refractivity contribution in [1.29, 1.82) is 10.7 Å². The largest absolute Gasteiger partial charge is 0.258 e. The van der Waals surface area contributed by atoms with Gasteiger partial charge in [0.1, 0.15) is 11.6 Å². The first kappa shape index (κ1) is 10.6. The maximum atomic E-state index is 8.63. The van der Waals surface area contributed by atoms with Gasteiger partial charge in [0.2, 0.25) is 0 Å². The maximum Gasteiger partial charge on any atom is 0.131 e. The lowest BCUT2D eigenvalue weighted by Crippen LogP contribution is -2.00. The average molecular weight is 221 g/mol.